The number of aromatic amines is 1. The molecule has 1 fully saturated rings. The first-order valence-electron chi connectivity index (χ1n) is 13.3. The number of aromatic nitrogens is 5. The van der Waals surface area contributed by atoms with E-state index < -0.39 is 11.9 Å². The van der Waals surface area contributed by atoms with Crippen molar-refractivity contribution in [1.82, 2.24) is 25.6 Å². The van der Waals surface area contributed by atoms with Crippen LogP contribution < -0.4 is 16.4 Å². The number of nitrogens with zero attached hydrogens (tertiary/aromatic N) is 5. The molecule has 1 aliphatic rings. The summed E-state index contributed by atoms with van der Waals surface area (Å²) in [5.41, 5.74) is 15.8. The average molecular weight is 596 g/mol. The van der Waals surface area contributed by atoms with Crippen LogP contribution in [-0.4, -0.2) is 50.0 Å². The number of anilines is 1. The third-order valence-electron chi connectivity index (χ3n) is 7.62. The van der Waals surface area contributed by atoms with Crippen molar-refractivity contribution in [2.75, 3.05) is 11.4 Å². The highest BCUT2D eigenvalue weighted by Crippen LogP contribution is 2.33. The summed E-state index contributed by atoms with van der Waals surface area (Å²) in [6.45, 7) is 0.618. The molecule has 2 aromatic heterocycles. The minimum absolute atomic E-state index is 0. The Morgan fingerprint density at radius 2 is 1.68 bits per heavy atom. The van der Waals surface area contributed by atoms with Crippen molar-refractivity contribution in [1.29, 1.82) is 0 Å². The fraction of sp³-hybridized carbons (Fsp3) is 0.310. The van der Waals surface area contributed by atoms with Gasteiger partial charge in [0.2, 0.25) is 11.8 Å². The number of pyridine rings is 1. The molecule has 0 aliphatic heterocycles. The highest BCUT2D eigenvalue weighted by molar-refractivity contribution is 6.32. The molecular weight excluding hydrogens is 563 g/mol. The number of nitrogens with two attached hydrogens (primary N) is 2. The highest BCUT2D eigenvalue weighted by Gasteiger charge is 2.36. The maximum absolute atomic E-state index is 14.0. The van der Waals surface area contributed by atoms with Gasteiger partial charge in [-0.1, -0.05) is 35.9 Å². The number of benzene rings is 2. The molecule has 10 nitrogen and oxygen atoms in total. The normalized spacial score (nSPS) is 17.3. The molecule has 41 heavy (non-hydrogen) atoms. The molecule has 0 spiro atoms. The number of primary amides is 1. The number of hydrogen-bond donors (Lipinski definition) is 3. The summed E-state index contributed by atoms with van der Waals surface area (Å²) in [6, 6.07) is 17.8. The summed E-state index contributed by atoms with van der Waals surface area (Å²) < 4.78 is 0. The fourth-order valence-corrected chi connectivity index (χ4v) is 5.56. The van der Waals surface area contributed by atoms with E-state index in [1.54, 1.807) is 23.2 Å². The summed E-state index contributed by atoms with van der Waals surface area (Å²) in [5, 5.41) is 14.3. The average Bonchev–Trinajstić information content (AvgIpc) is 3.53. The number of nitrogens with one attached hydrogen (secondary N) is 1. The fourth-order valence-electron chi connectivity index (χ4n) is 5.33. The van der Waals surface area contributed by atoms with Crippen LogP contribution in [0.3, 0.4) is 0 Å². The molecule has 0 bridgehead atoms. The van der Waals surface area contributed by atoms with Crippen LogP contribution in [0.1, 0.15) is 31.2 Å². The van der Waals surface area contributed by atoms with Gasteiger partial charge < -0.3 is 11.5 Å². The first-order valence-corrected chi connectivity index (χ1v) is 13.7. The highest BCUT2D eigenvalue weighted by atomic mass is 35.5. The number of carbonyl (C=O) groups is 2. The van der Waals surface area contributed by atoms with Gasteiger partial charge >= 0.3 is 0 Å². The monoisotopic (exact) mass is 594 g/mol. The Bertz CT molecular complexity index is 1440. The maximum atomic E-state index is 14.0. The van der Waals surface area contributed by atoms with Crippen molar-refractivity contribution in [3.8, 4) is 22.5 Å². The van der Waals surface area contributed by atoms with Crippen molar-refractivity contribution in [3.05, 3.63) is 77.6 Å². The maximum Gasteiger partial charge on any atom is 0.240 e. The lowest BCUT2D eigenvalue weighted by Gasteiger charge is -2.35. The molecule has 4 aromatic rings. The molecule has 5 N–H and O–H groups in total. The van der Waals surface area contributed by atoms with Gasteiger partial charge in [-0.15, -0.1) is 17.5 Å². The predicted molar refractivity (Wildman–Crippen MR) is 160 cm³/mol. The molecule has 1 atom stereocenters. The van der Waals surface area contributed by atoms with Crippen molar-refractivity contribution in [3.63, 3.8) is 0 Å². The second-order valence-electron chi connectivity index (χ2n) is 10.1. The van der Waals surface area contributed by atoms with E-state index >= 15 is 0 Å². The third kappa shape index (κ3) is 6.90. The van der Waals surface area contributed by atoms with Gasteiger partial charge in [0.25, 0.3) is 0 Å². The molecule has 12 heteroatoms. The van der Waals surface area contributed by atoms with Gasteiger partial charge in [0.15, 0.2) is 5.82 Å². The standard InChI is InChI=1S/C29H31ClN8O2.ClH/c30-26-24(2-1-15-33-26)20-7-3-18(4-8-20)16-25(27(32)39)38(29(40)22-9-5-19(17-31)6-10-22)23-13-11-21(12-14-23)28-34-36-37-35-28;/h1-4,7-8,11-15,19,22,25H,5-6,9-10,16-17,31H2,(H2,32,39)(H,34,35,36,37);1H/t19-,22-,25-;/m0./s1. The van der Waals surface area contributed by atoms with Crippen LogP contribution in [0.5, 0.6) is 0 Å². The Morgan fingerprint density at radius 3 is 2.27 bits per heavy atom. The Hall–Kier alpha value is -3.86. The van der Waals surface area contributed by atoms with Crippen LogP contribution in [0.2, 0.25) is 5.15 Å². The van der Waals surface area contributed by atoms with Crippen molar-refractivity contribution < 1.29 is 9.59 Å². The molecule has 0 radical (unpaired) electrons. The number of amides is 2. The summed E-state index contributed by atoms with van der Waals surface area (Å²) in [5.74, 6) is 0.0350. The van der Waals surface area contributed by atoms with E-state index in [-0.39, 0.29) is 30.7 Å². The summed E-state index contributed by atoms with van der Waals surface area (Å²) >= 11 is 6.27. The smallest absolute Gasteiger partial charge is 0.240 e. The van der Waals surface area contributed by atoms with Crippen molar-refractivity contribution >= 4 is 41.5 Å². The van der Waals surface area contributed by atoms with Crippen LogP contribution in [0.15, 0.2) is 66.9 Å². The number of tetrazole rings is 1. The molecule has 5 rings (SSSR count). The van der Waals surface area contributed by atoms with E-state index in [2.05, 4.69) is 25.6 Å². The van der Waals surface area contributed by atoms with Gasteiger partial charge in [0, 0.05) is 35.3 Å². The quantitative estimate of drug-likeness (QED) is 0.245. The van der Waals surface area contributed by atoms with Gasteiger partial charge in [-0.2, -0.15) is 0 Å². The van der Waals surface area contributed by atoms with Crippen molar-refractivity contribution in [2.45, 2.75) is 38.1 Å². The summed E-state index contributed by atoms with van der Waals surface area (Å²) in [6.07, 6.45) is 5.13. The number of hydrogen-bond acceptors (Lipinski definition) is 7. The van der Waals surface area contributed by atoms with E-state index in [1.165, 1.54) is 0 Å². The summed E-state index contributed by atoms with van der Waals surface area (Å²) in [4.78, 5) is 32.7. The molecule has 0 saturated heterocycles. The molecule has 1 aliphatic carbocycles. The zero-order valence-corrected chi connectivity index (χ0v) is 23.9. The number of carbonyl (C=O) groups excluding carboxylic acids is 2. The van der Waals surface area contributed by atoms with Crippen molar-refractivity contribution in [2.24, 2.45) is 23.3 Å². The van der Waals surface area contributed by atoms with E-state index in [0.29, 0.717) is 29.1 Å². The van der Waals surface area contributed by atoms with Crippen LogP contribution in [-0.2, 0) is 16.0 Å². The SMILES string of the molecule is Cl.NC[C@H]1CC[C@H](C(=O)N(c2ccc(-c3nnn[nH]3)cc2)[C@@H](Cc2ccc(-c3cccnc3Cl)cc2)C(N)=O)CC1. The van der Waals surface area contributed by atoms with Gasteiger partial charge in [-0.05, 0) is 96.1 Å². The molecule has 214 valence electrons. The molecular formula is C29H32Cl2N8O2. The number of halogens is 2. The lowest BCUT2D eigenvalue weighted by atomic mass is 9.81. The topological polar surface area (TPSA) is 157 Å². The Morgan fingerprint density at radius 1 is 1.00 bits per heavy atom. The first kappa shape index (κ1) is 30.1. The minimum atomic E-state index is -0.884. The Labute approximate surface area is 249 Å². The molecule has 1 saturated carbocycles. The number of rotatable bonds is 9. The lowest BCUT2D eigenvalue weighted by Crippen LogP contribution is -2.52. The largest absolute Gasteiger partial charge is 0.368 e. The molecule has 2 heterocycles. The van der Waals surface area contributed by atoms with E-state index in [4.69, 9.17) is 23.1 Å². The zero-order chi connectivity index (χ0) is 28.1. The predicted octanol–water partition coefficient (Wildman–Crippen LogP) is 4.20. The van der Waals surface area contributed by atoms with Crippen LogP contribution in [0.4, 0.5) is 5.69 Å². The van der Waals surface area contributed by atoms with E-state index in [1.807, 2.05) is 48.5 Å². The second kappa shape index (κ2) is 13.7. The summed E-state index contributed by atoms with van der Waals surface area (Å²) in [7, 11) is 0. The van der Waals surface area contributed by atoms with Crippen LogP contribution in [0.25, 0.3) is 22.5 Å². The van der Waals surface area contributed by atoms with E-state index in [0.717, 1.165) is 47.9 Å². The van der Waals surface area contributed by atoms with Crippen LogP contribution in [0, 0.1) is 11.8 Å². The lowest BCUT2D eigenvalue weighted by molar-refractivity contribution is -0.127. The molecule has 2 amide bonds. The van der Waals surface area contributed by atoms with Gasteiger partial charge in [0.05, 0.1) is 0 Å². The molecule has 2 aromatic carbocycles. The first-order chi connectivity index (χ1) is 19.4. The Balaban J connectivity index is 0.00000387. The Kier molecular flexibility index (Phi) is 10.0. The zero-order valence-electron chi connectivity index (χ0n) is 22.3. The van der Waals surface area contributed by atoms with E-state index in [9.17, 15) is 9.59 Å². The van der Waals surface area contributed by atoms with Gasteiger partial charge in [-0.25, -0.2) is 10.1 Å². The third-order valence-corrected chi connectivity index (χ3v) is 7.93. The van der Waals surface area contributed by atoms with Crippen LogP contribution >= 0.6 is 24.0 Å². The van der Waals surface area contributed by atoms with Gasteiger partial charge in [-0.3, -0.25) is 14.5 Å². The second-order valence-corrected chi connectivity index (χ2v) is 10.5. The number of H-pyrrole nitrogens is 1. The minimum Gasteiger partial charge on any atom is -0.368 e. The van der Waals surface area contributed by atoms with Gasteiger partial charge in [0.1, 0.15) is 11.2 Å². The molecule has 0 unspecified atom stereocenters.